The molecule has 0 amide bonds. The predicted octanol–water partition coefficient (Wildman–Crippen LogP) is 3.41. The van der Waals surface area contributed by atoms with Crippen molar-refractivity contribution in [3.05, 3.63) is 54.2 Å². The summed E-state index contributed by atoms with van der Waals surface area (Å²) >= 11 is 0. The van der Waals surface area contributed by atoms with Gasteiger partial charge in [-0.2, -0.15) is 0 Å². The van der Waals surface area contributed by atoms with Crippen molar-refractivity contribution in [2.24, 2.45) is 0 Å². The summed E-state index contributed by atoms with van der Waals surface area (Å²) in [5.41, 5.74) is 2.57. The quantitative estimate of drug-likeness (QED) is 0.775. The zero-order valence-electron chi connectivity index (χ0n) is 9.72. The van der Waals surface area contributed by atoms with Crippen LogP contribution in [0.4, 0.5) is 11.5 Å². The highest BCUT2D eigenvalue weighted by Gasteiger charge is 2.07. The summed E-state index contributed by atoms with van der Waals surface area (Å²) in [6.45, 7) is 2.17. The molecular weight excluding hydrogens is 196 g/mol. The normalized spacial score (nSPS) is 10.1. The van der Waals surface area contributed by atoms with Crippen molar-refractivity contribution >= 4 is 11.5 Å². The highest BCUT2D eigenvalue weighted by Crippen LogP contribution is 2.25. The molecule has 0 spiro atoms. The van der Waals surface area contributed by atoms with E-state index in [9.17, 15) is 0 Å². The van der Waals surface area contributed by atoms with Crippen molar-refractivity contribution < 1.29 is 0 Å². The molecule has 1 aromatic heterocycles. The highest BCUT2D eigenvalue weighted by molar-refractivity contribution is 5.62. The topological polar surface area (TPSA) is 16.1 Å². The molecule has 0 aliphatic carbocycles. The number of hydrogen-bond acceptors (Lipinski definition) is 2. The largest absolute Gasteiger partial charge is 0.329 e. The molecule has 82 valence electrons. The SMILES string of the molecule is CCc1ccccc1N(C)c1ccccn1. The van der Waals surface area contributed by atoms with Crippen molar-refractivity contribution in [2.75, 3.05) is 11.9 Å². The monoisotopic (exact) mass is 212 g/mol. The van der Waals surface area contributed by atoms with E-state index in [1.807, 2.05) is 24.4 Å². The minimum Gasteiger partial charge on any atom is -0.329 e. The van der Waals surface area contributed by atoms with Crippen molar-refractivity contribution in [1.29, 1.82) is 0 Å². The van der Waals surface area contributed by atoms with Crippen LogP contribution < -0.4 is 4.90 Å². The maximum absolute atomic E-state index is 4.36. The molecule has 0 saturated carbocycles. The summed E-state index contributed by atoms with van der Waals surface area (Å²) in [4.78, 5) is 6.48. The molecular formula is C14H16N2. The first-order chi connectivity index (χ1) is 7.83. The Morgan fingerprint density at radius 3 is 2.50 bits per heavy atom. The second-order valence-electron chi connectivity index (χ2n) is 3.73. The van der Waals surface area contributed by atoms with Gasteiger partial charge in [0.2, 0.25) is 0 Å². The lowest BCUT2D eigenvalue weighted by Crippen LogP contribution is -2.12. The summed E-state index contributed by atoms with van der Waals surface area (Å²) in [6.07, 6.45) is 2.85. The van der Waals surface area contributed by atoms with Gasteiger partial charge in [-0.15, -0.1) is 0 Å². The third-order valence-corrected chi connectivity index (χ3v) is 2.73. The smallest absolute Gasteiger partial charge is 0.132 e. The number of nitrogens with zero attached hydrogens (tertiary/aromatic N) is 2. The summed E-state index contributed by atoms with van der Waals surface area (Å²) in [6, 6.07) is 14.4. The van der Waals surface area contributed by atoms with Gasteiger partial charge in [0.05, 0.1) is 0 Å². The summed E-state index contributed by atoms with van der Waals surface area (Å²) < 4.78 is 0. The standard InChI is InChI=1S/C14H16N2/c1-3-12-8-4-5-9-13(12)16(2)14-10-6-7-11-15-14/h4-11H,3H2,1-2H3. The van der Waals surface area contributed by atoms with E-state index in [1.54, 1.807) is 0 Å². The summed E-state index contributed by atoms with van der Waals surface area (Å²) in [7, 11) is 2.05. The predicted molar refractivity (Wildman–Crippen MR) is 68.1 cm³/mol. The zero-order chi connectivity index (χ0) is 11.4. The van der Waals surface area contributed by atoms with Crippen LogP contribution in [0.3, 0.4) is 0 Å². The van der Waals surface area contributed by atoms with Crippen molar-refractivity contribution in [3.8, 4) is 0 Å². The zero-order valence-corrected chi connectivity index (χ0v) is 9.72. The van der Waals surface area contributed by atoms with Crippen molar-refractivity contribution in [3.63, 3.8) is 0 Å². The first-order valence-corrected chi connectivity index (χ1v) is 5.55. The number of para-hydroxylation sites is 1. The van der Waals surface area contributed by atoms with Gasteiger partial charge in [0, 0.05) is 18.9 Å². The summed E-state index contributed by atoms with van der Waals surface area (Å²) in [5.74, 6) is 0.975. The molecule has 2 rings (SSSR count). The van der Waals surface area contributed by atoms with Gasteiger partial charge in [-0.1, -0.05) is 31.2 Å². The maximum atomic E-state index is 4.36. The van der Waals surface area contributed by atoms with E-state index >= 15 is 0 Å². The van der Waals surface area contributed by atoms with Crippen molar-refractivity contribution in [1.82, 2.24) is 4.98 Å². The number of aryl methyl sites for hydroxylation is 1. The first-order valence-electron chi connectivity index (χ1n) is 5.55. The number of hydrogen-bond donors (Lipinski definition) is 0. The highest BCUT2D eigenvalue weighted by atomic mass is 15.2. The molecule has 0 fully saturated rings. The fourth-order valence-electron chi connectivity index (χ4n) is 1.81. The molecule has 0 saturated heterocycles. The van der Waals surface area contributed by atoms with Gasteiger partial charge in [0.25, 0.3) is 0 Å². The minimum atomic E-state index is 0.975. The molecule has 1 heterocycles. The van der Waals surface area contributed by atoms with E-state index < -0.39 is 0 Å². The molecule has 2 aromatic rings. The van der Waals surface area contributed by atoms with Crippen LogP contribution in [0.2, 0.25) is 0 Å². The van der Waals surface area contributed by atoms with Gasteiger partial charge in [-0.05, 0) is 30.2 Å². The number of benzene rings is 1. The lowest BCUT2D eigenvalue weighted by Gasteiger charge is -2.20. The van der Waals surface area contributed by atoms with Gasteiger partial charge >= 0.3 is 0 Å². The second-order valence-corrected chi connectivity index (χ2v) is 3.73. The van der Waals surface area contributed by atoms with Gasteiger partial charge < -0.3 is 4.90 Å². The van der Waals surface area contributed by atoms with Crippen LogP contribution in [0.25, 0.3) is 0 Å². The lowest BCUT2D eigenvalue weighted by atomic mass is 10.1. The van der Waals surface area contributed by atoms with Gasteiger partial charge in [0.1, 0.15) is 5.82 Å². The third-order valence-electron chi connectivity index (χ3n) is 2.73. The average molecular weight is 212 g/mol. The fourth-order valence-corrected chi connectivity index (χ4v) is 1.81. The van der Waals surface area contributed by atoms with Crippen LogP contribution >= 0.6 is 0 Å². The van der Waals surface area contributed by atoms with E-state index in [0.717, 1.165) is 12.2 Å². The number of aromatic nitrogens is 1. The molecule has 0 radical (unpaired) electrons. The molecule has 2 nitrogen and oxygen atoms in total. The van der Waals surface area contributed by atoms with Gasteiger partial charge in [-0.25, -0.2) is 4.98 Å². The molecule has 0 N–H and O–H groups in total. The van der Waals surface area contributed by atoms with Crippen LogP contribution in [0.1, 0.15) is 12.5 Å². The Balaban J connectivity index is 2.37. The number of rotatable bonds is 3. The summed E-state index contributed by atoms with van der Waals surface area (Å²) in [5, 5.41) is 0. The van der Waals surface area contributed by atoms with Crippen LogP contribution in [-0.2, 0) is 6.42 Å². The Labute approximate surface area is 96.6 Å². The second kappa shape index (κ2) is 4.79. The first kappa shape index (κ1) is 10.7. The van der Waals surface area contributed by atoms with Gasteiger partial charge in [-0.3, -0.25) is 0 Å². The molecule has 0 bridgehead atoms. The van der Waals surface area contributed by atoms with E-state index in [4.69, 9.17) is 0 Å². The molecule has 0 atom stereocenters. The Bertz CT molecular complexity index is 451. The number of pyridine rings is 1. The van der Waals surface area contributed by atoms with Gasteiger partial charge in [0.15, 0.2) is 0 Å². The third kappa shape index (κ3) is 2.06. The van der Waals surface area contributed by atoms with Crippen LogP contribution in [0, 0.1) is 0 Å². The van der Waals surface area contributed by atoms with Crippen LogP contribution in [-0.4, -0.2) is 12.0 Å². The molecule has 0 aliphatic rings. The number of anilines is 2. The van der Waals surface area contributed by atoms with Crippen molar-refractivity contribution in [2.45, 2.75) is 13.3 Å². The Morgan fingerprint density at radius 2 is 1.81 bits per heavy atom. The van der Waals surface area contributed by atoms with E-state index in [0.29, 0.717) is 0 Å². The molecule has 0 aliphatic heterocycles. The van der Waals surface area contributed by atoms with E-state index in [-0.39, 0.29) is 0 Å². The van der Waals surface area contributed by atoms with E-state index in [2.05, 4.69) is 48.1 Å². The minimum absolute atomic E-state index is 0.975. The molecule has 1 aromatic carbocycles. The molecule has 2 heteroatoms. The van der Waals surface area contributed by atoms with E-state index in [1.165, 1.54) is 11.3 Å². The fraction of sp³-hybridized carbons (Fsp3) is 0.214. The Kier molecular flexibility index (Phi) is 3.20. The average Bonchev–Trinajstić information content (AvgIpc) is 2.39. The Morgan fingerprint density at radius 1 is 1.06 bits per heavy atom. The molecule has 16 heavy (non-hydrogen) atoms. The molecule has 0 unspecified atom stereocenters. The van der Waals surface area contributed by atoms with Crippen LogP contribution in [0.15, 0.2) is 48.7 Å². The Hall–Kier alpha value is -1.83. The lowest BCUT2D eigenvalue weighted by molar-refractivity contribution is 1.07. The van der Waals surface area contributed by atoms with Crippen LogP contribution in [0.5, 0.6) is 0 Å². The maximum Gasteiger partial charge on any atom is 0.132 e.